The van der Waals surface area contributed by atoms with Crippen molar-refractivity contribution in [1.29, 1.82) is 0 Å². The van der Waals surface area contributed by atoms with Gasteiger partial charge >= 0.3 is 71.1 Å². The Morgan fingerprint density at radius 1 is 0.319 bits per heavy atom. The number of esters is 2. The average molecular weight is 1660 g/mol. The number of hydrogen-bond acceptors (Lipinski definition) is 20. The van der Waals surface area contributed by atoms with Crippen molar-refractivity contribution in [2.45, 2.75) is 406 Å². The summed E-state index contributed by atoms with van der Waals surface area (Å²) in [6.45, 7) is 9.63. The van der Waals surface area contributed by atoms with Crippen molar-refractivity contribution < 1.29 is 153 Å². The summed E-state index contributed by atoms with van der Waals surface area (Å²) in [7, 11) is -10.2. The molecule has 2 unspecified atom stereocenters. The second-order valence-electron chi connectivity index (χ2n) is 29.9. The van der Waals surface area contributed by atoms with Crippen LogP contribution in [0, 0.1) is 0 Å². The Kier molecular flexibility index (Phi) is 84.9. The molecule has 0 aromatic carbocycles. The molecule has 6 atom stereocenters. The van der Waals surface area contributed by atoms with Crippen LogP contribution in [-0.2, 0) is 84.5 Å². The SMILES string of the molecule is CCCCCC/C=C\CCCC(=O)O[C@H](CCCCCCC)CCOC[C@H](COP(=O)([O-])OCCNC(=O)CC(=O)NCCOP(=O)([O-])OC[C@H](COCC[C@@H](CCCCCCC)OC(=O)CCC/C=C\CCCCCC)NC(=O)CC(=O)CCCCCCCCCCC)NC(=O)CC(=O)CCCCCCCCCCC.[Na+].[Na+]. The normalized spacial score (nSPS) is 13.6. The van der Waals surface area contributed by atoms with Gasteiger partial charge in [-0.1, -0.05) is 258 Å². The van der Waals surface area contributed by atoms with Crippen molar-refractivity contribution in [3.63, 3.8) is 0 Å². The van der Waals surface area contributed by atoms with E-state index in [9.17, 15) is 57.3 Å². The molecule has 0 aliphatic heterocycles. The van der Waals surface area contributed by atoms with Gasteiger partial charge in [0.1, 0.15) is 30.2 Å². The maximum atomic E-state index is 13.2. The van der Waals surface area contributed by atoms with E-state index in [0.29, 0.717) is 51.4 Å². The van der Waals surface area contributed by atoms with Crippen LogP contribution in [0.4, 0.5) is 0 Å². The van der Waals surface area contributed by atoms with Crippen LogP contribution in [0.3, 0.4) is 0 Å². The summed E-state index contributed by atoms with van der Waals surface area (Å²) in [5, 5.41) is 10.1. The molecule has 24 nitrogen and oxygen atoms in total. The van der Waals surface area contributed by atoms with Crippen molar-refractivity contribution in [1.82, 2.24) is 21.3 Å². The first-order chi connectivity index (χ1) is 53.7. The van der Waals surface area contributed by atoms with Crippen LogP contribution in [0.15, 0.2) is 24.3 Å². The third-order valence-electron chi connectivity index (χ3n) is 19.0. The summed E-state index contributed by atoms with van der Waals surface area (Å²) < 4.78 is 70.2. The zero-order chi connectivity index (χ0) is 81.8. The third-order valence-corrected chi connectivity index (χ3v) is 21.0. The Morgan fingerprint density at radius 3 is 0.938 bits per heavy atom. The predicted molar refractivity (Wildman–Crippen MR) is 437 cm³/mol. The van der Waals surface area contributed by atoms with Crippen LogP contribution in [0.2, 0.25) is 0 Å². The molecule has 4 N–H and O–H groups in total. The molecule has 0 aliphatic rings. The molecule has 0 radical (unpaired) electrons. The summed E-state index contributed by atoms with van der Waals surface area (Å²) in [5.41, 5.74) is 0. The summed E-state index contributed by atoms with van der Waals surface area (Å²) in [5.74, 6) is -3.98. The van der Waals surface area contributed by atoms with Crippen LogP contribution in [0.5, 0.6) is 0 Å². The molecule has 113 heavy (non-hydrogen) atoms. The van der Waals surface area contributed by atoms with Gasteiger partial charge in [-0.15, -0.1) is 0 Å². The molecule has 0 saturated heterocycles. The first-order valence-electron chi connectivity index (χ1n) is 43.9. The minimum atomic E-state index is -5.08. The molecule has 0 spiro atoms. The molecule has 0 rings (SSSR count). The molecule has 28 heteroatoms. The molecular weight excluding hydrogens is 1500 g/mol. The third kappa shape index (κ3) is 80.6. The molecule has 0 aliphatic carbocycles. The van der Waals surface area contributed by atoms with Gasteiger partial charge in [0.2, 0.25) is 23.6 Å². The fraction of sp³-hybridized carbons (Fsp3) is 0.859. The molecular formula is C85H156N4Na2O20P2. The van der Waals surface area contributed by atoms with Gasteiger partial charge < -0.3 is 68.1 Å². The predicted octanol–water partition coefficient (Wildman–Crippen LogP) is 12.1. The van der Waals surface area contributed by atoms with Crippen molar-refractivity contribution in [3.05, 3.63) is 24.3 Å². The van der Waals surface area contributed by atoms with Crippen LogP contribution >= 0.6 is 15.6 Å². The molecule has 648 valence electrons. The number of carbonyl (C=O) groups is 8. The monoisotopic (exact) mass is 1660 g/mol. The number of hydrogen-bond donors (Lipinski definition) is 4. The van der Waals surface area contributed by atoms with Gasteiger partial charge in [0.05, 0.1) is 77.8 Å². The van der Waals surface area contributed by atoms with E-state index in [1.165, 1.54) is 89.9 Å². The molecule has 0 fully saturated rings. The number of ketones is 2. The second-order valence-corrected chi connectivity index (χ2v) is 32.8. The quantitative estimate of drug-likeness (QED) is 0.0110. The number of amides is 4. The zero-order valence-electron chi connectivity index (χ0n) is 72.2. The topological polar surface area (TPSA) is 339 Å². The summed E-state index contributed by atoms with van der Waals surface area (Å²) in [6.07, 6.45) is 53.3. The molecule has 0 bridgehead atoms. The van der Waals surface area contributed by atoms with E-state index in [1.54, 1.807) is 0 Å². The molecule has 0 heterocycles. The van der Waals surface area contributed by atoms with E-state index in [1.807, 2.05) is 0 Å². The summed E-state index contributed by atoms with van der Waals surface area (Å²) in [6, 6.07) is -2.09. The van der Waals surface area contributed by atoms with Gasteiger partial charge in [0.15, 0.2) is 0 Å². The van der Waals surface area contributed by atoms with Crippen LogP contribution in [-0.4, -0.2) is 137 Å². The van der Waals surface area contributed by atoms with E-state index in [2.05, 4.69) is 87.1 Å². The Labute approximate surface area is 728 Å². The number of unbranched alkanes of at least 4 members (excludes halogenated alkanes) is 34. The first kappa shape index (κ1) is 115. The van der Waals surface area contributed by atoms with Crippen molar-refractivity contribution >= 4 is 62.8 Å². The smallest absolute Gasteiger partial charge is 0.756 e. The number of phosphoric acid groups is 2. The number of Topliss-reactive ketones (excluding diaryl/α,β-unsaturated/α-hetero) is 2. The standard InChI is InChI=1S/C85H158N4O20P2.2Na/c1-7-13-19-25-29-33-37-43-47-53-76(90)67-82(94)88-74(70-102-63-59-78(55-49-41-23-17-11-5)108-84(96)57-51-45-39-35-31-27-21-15-9-3)72-106-110(98,99)104-65-61-86-80(92)69-81(93)87-62-66-105-111(100,101)107-73-75(89-83(95)68-77(91)54-48-44-38-34-30-26-20-14-8-2)71-103-64-60-79(56-50-42-24-18-12-6)109-85(97)58-52-46-40-36-32-28-22-16-10-4;;/h35-36,39-40,74-75,78-79H,7-34,37-38,41-73H2,1-6H3,(H,86,92)(H,87,93)(H,88,94)(H,89,95)(H,98,99)(H,100,101);;/q;2*+1/p-2/b39-35-,40-36-;;/t74-,75+,78-,79-;;/m1../s1. The van der Waals surface area contributed by atoms with Crippen LogP contribution < -0.4 is 90.2 Å². The maximum Gasteiger partial charge on any atom is 1.00 e. The second kappa shape index (κ2) is 83.4. The fourth-order valence-corrected chi connectivity index (χ4v) is 14.0. The molecule has 0 aromatic rings. The van der Waals surface area contributed by atoms with Gasteiger partial charge in [-0.05, 0) is 89.9 Å². The minimum absolute atomic E-state index is 0. The maximum absolute atomic E-state index is 13.2. The number of rotatable bonds is 84. The molecule has 4 amide bonds. The number of phosphoric ester groups is 2. The van der Waals surface area contributed by atoms with Crippen LogP contribution in [0.25, 0.3) is 0 Å². The van der Waals surface area contributed by atoms with Crippen molar-refractivity contribution in [2.24, 2.45) is 0 Å². The van der Waals surface area contributed by atoms with Gasteiger partial charge in [0.25, 0.3) is 15.6 Å². The van der Waals surface area contributed by atoms with Gasteiger partial charge in [0, 0.05) is 51.6 Å². The van der Waals surface area contributed by atoms with Gasteiger partial charge in [-0.3, -0.25) is 47.5 Å². The average Bonchev–Trinajstić information content (AvgIpc) is 0.908. The van der Waals surface area contributed by atoms with E-state index in [4.69, 9.17) is 37.0 Å². The Morgan fingerprint density at radius 2 is 0.611 bits per heavy atom. The van der Waals surface area contributed by atoms with Crippen molar-refractivity contribution in [2.75, 3.05) is 65.9 Å². The van der Waals surface area contributed by atoms with Gasteiger partial charge in [-0.25, -0.2) is 0 Å². The van der Waals surface area contributed by atoms with Crippen LogP contribution in [0.1, 0.15) is 382 Å². The largest absolute Gasteiger partial charge is 1.00 e. The number of nitrogens with one attached hydrogen (secondary N) is 4. The van der Waals surface area contributed by atoms with Gasteiger partial charge in [-0.2, -0.15) is 0 Å². The Hall–Kier alpha value is -2.22. The summed E-state index contributed by atoms with van der Waals surface area (Å²) >= 11 is 0. The zero-order valence-corrected chi connectivity index (χ0v) is 78.0. The van der Waals surface area contributed by atoms with Crippen molar-refractivity contribution in [3.8, 4) is 0 Å². The number of carbonyl (C=O) groups excluding carboxylic acids is 8. The minimum Gasteiger partial charge on any atom is -0.756 e. The van der Waals surface area contributed by atoms with E-state index < -0.39 is 109 Å². The first-order valence-corrected chi connectivity index (χ1v) is 46.8. The Balaban J connectivity index is -0.0000605. The molecule has 0 saturated carbocycles. The molecule has 0 aromatic heterocycles. The van der Waals surface area contributed by atoms with E-state index >= 15 is 0 Å². The van der Waals surface area contributed by atoms with E-state index in [-0.39, 0.29) is 148 Å². The number of allylic oxidation sites excluding steroid dienone is 4. The Bertz CT molecular complexity index is 2340. The van der Waals surface area contributed by atoms with E-state index in [0.717, 1.165) is 154 Å². The summed E-state index contributed by atoms with van der Waals surface area (Å²) in [4.78, 5) is 130. The fourth-order valence-electron chi connectivity index (χ4n) is 12.4. The number of ether oxygens (including phenoxy) is 4.